The number of amides is 3. The molecule has 10 nitrogen and oxygen atoms in total. The Labute approximate surface area is 301 Å². The van der Waals surface area contributed by atoms with Gasteiger partial charge in [-0.2, -0.15) is 0 Å². The lowest BCUT2D eigenvalue weighted by Gasteiger charge is -2.28. The highest BCUT2D eigenvalue weighted by Gasteiger charge is 2.55. The molecule has 0 spiro atoms. The summed E-state index contributed by atoms with van der Waals surface area (Å²) in [7, 11) is 0. The fourth-order valence-corrected chi connectivity index (χ4v) is 8.43. The maximum atomic E-state index is 14.0. The fourth-order valence-electron chi connectivity index (χ4n) is 7.25. The summed E-state index contributed by atoms with van der Waals surface area (Å²) in [5.74, 6) is -0.197. The zero-order valence-electron chi connectivity index (χ0n) is 28.3. The first-order valence-corrected chi connectivity index (χ1v) is 18.5. The van der Waals surface area contributed by atoms with Crippen LogP contribution in [0.15, 0.2) is 108 Å². The van der Waals surface area contributed by atoms with E-state index in [0.717, 1.165) is 73.8 Å². The van der Waals surface area contributed by atoms with Crippen LogP contribution in [0.2, 0.25) is 0 Å². The Morgan fingerprint density at radius 2 is 1.65 bits per heavy atom. The van der Waals surface area contributed by atoms with Crippen molar-refractivity contribution in [3.8, 4) is 0 Å². The predicted octanol–water partition coefficient (Wildman–Crippen LogP) is 6.08. The minimum Gasteiger partial charge on any atom is -0.378 e. The topological polar surface area (TPSA) is 107 Å². The van der Waals surface area contributed by atoms with Crippen LogP contribution in [-0.4, -0.2) is 76.6 Å². The number of hydrogen-bond acceptors (Lipinski definition) is 8. The number of aliphatic imine (C=N–C) groups is 1. The van der Waals surface area contributed by atoms with Gasteiger partial charge >= 0.3 is 0 Å². The van der Waals surface area contributed by atoms with Crippen LogP contribution in [-0.2, 0) is 31.1 Å². The van der Waals surface area contributed by atoms with Crippen molar-refractivity contribution in [3.05, 3.63) is 120 Å². The van der Waals surface area contributed by atoms with Gasteiger partial charge in [-0.25, -0.2) is 4.99 Å². The van der Waals surface area contributed by atoms with Crippen LogP contribution in [0.1, 0.15) is 47.8 Å². The predicted molar refractivity (Wildman–Crippen MR) is 199 cm³/mol. The van der Waals surface area contributed by atoms with Gasteiger partial charge in [-0.15, -0.1) is 0 Å². The Bertz CT molecular complexity index is 1910. The van der Waals surface area contributed by atoms with Crippen LogP contribution in [0.5, 0.6) is 0 Å². The molecule has 11 heteroatoms. The first-order valence-electron chi connectivity index (χ1n) is 17.7. The van der Waals surface area contributed by atoms with Crippen LogP contribution >= 0.6 is 11.8 Å². The molecular weight excluding hydrogens is 661 g/mol. The molecule has 0 radical (unpaired) electrons. The van der Waals surface area contributed by atoms with E-state index in [1.807, 2.05) is 84.9 Å². The van der Waals surface area contributed by atoms with E-state index < -0.39 is 16.7 Å². The molecule has 2 atom stereocenters. The molecule has 3 amide bonds. The van der Waals surface area contributed by atoms with Gasteiger partial charge in [0.05, 0.1) is 36.6 Å². The smallest absolute Gasteiger partial charge is 0.247 e. The summed E-state index contributed by atoms with van der Waals surface area (Å²) in [6, 6.07) is 30.6. The highest BCUT2D eigenvalue weighted by molar-refractivity contribution is 8.15. The minimum absolute atomic E-state index is 0.0549. The number of rotatable bonds is 9. The number of aromatic nitrogens is 1. The lowest BCUT2D eigenvalue weighted by Crippen LogP contribution is -2.47. The molecule has 1 unspecified atom stereocenters. The number of amidine groups is 1. The minimum atomic E-state index is -0.507. The van der Waals surface area contributed by atoms with Gasteiger partial charge in [-0.3, -0.25) is 24.3 Å². The van der Waals surface area contributed by atoms with Gasteiger partial charge in [-0.05, 0) is 85.3 Å². The summed E-state index contributed by atoms with van der Waals surface area (Å²) in [6.45, 7) is 4.04. The second-order valence-electron chi connectivity index (χ2n) is 13.5. The second-order valence-corrected chi connectivity index (χ2v) is 14.5. The Balaban J connectivity index is 0.967. The van der Waals surface area contributed by atoms with Crippen molar-refractivity contribution in [2.24, 2.45) is 4.99 Å². The van der Waals surface area contributed by atoms with Gasteiger partial charge in [0.15, 0.2) is 5.17 Å². The van der Waals surface area contributed by atoms with Crippen molar-refractivity contribution in [1.82, 2.24) is 14.8 Å². The Hall–Kier alpha value is -5.00. The SMILES string of the molecule is O=C(Nc1ccc(C2SC(=Nc3ccc(N4CCOCC4)cc3)N(Cc3ccccn3)C2=O)cc1)[C@H]1CCCN1C(=O)C1(c2ccccc2)CC1. The number of thioether (sulfide) groups is 1. The number of carbonyl (C=O) groups excluding carboxylic acids is 3. The third-order valence-corrected chi connectivity index (χ3v) is 11.5. The molecule has 1 aliphatic carbocycles. The zero-order chi connectivity index (χ0) is 34.8. The quantitative estimate of drug-likeness (QED) is 0.226. The molecule has 1 saturated carbocycles. The summed E-state index contributed by atoms with van der Waals surface area (Å²) in [4.78, 5) is 56.5. The highest BCUT2D eigenvalue weighted by Crippen LogP contribution is 2.50. The standard InChI is InChI=1S/C40H40N6O4S/c47-36(34-10-6-22-45(34)38(49)40(19-20-40)29-7-2-1-3-8-29)42-30-13-11-28(12-14-30)35-37(48)46(27-32-9-4-5-21-41-32)39(51-35)43-31-15-17-33(18-16-31)44-23-25-50-26-24-44/h1-5,7-9,11-18,21,34-35H,6,10,19-20,22-27H2,(H,42,47)/t34-,35?/m1/s1. The maximum absolute atomic E-state index is 14.0. The lowest BCUT2D eigenvalue weighted by atomic mass is 9.94. The number of morpholine rings is 1. The van der Waals surface area contributed by atoms with Crippen LogP contribution < -0.4 is 10.2 Å². The van der Waals surface area contributed by atoms with Gasteiger partial charge in [0.1, 0.15) is 11.3 Å². The van der Waals surface area contributed by atoms with E-state index in [0.29, 0.717) is 30.4 Å². The van der Waals surface area contributed by atoms with Crippen molar-refractivity contribution < 1.29 is 19.1 Å². The third-order valence-electron chi connectivity index (χ3n) is 10.2. The number of carbonyl (C=O) groups is 3. The molecule has 1 aromatic heterocycles. The summed E-state index contributed by atoms with van der Waals surface area (Å²) in [5, 5.41) is 3.16. The summed E-state index contributed by atoms with van der Waals surface area (Å²) < 4.78 is 5.49. The molecule has 4 heterocycles. The lowest BCUT2D eigenvalue weighted by molar-refractivity contribution is -0.138. The Morgan fingerprint density at radius 3 is 2.35 bits per heavy atom. The van der Waals surface area contributed by atoms with Crippen LogP contribution in [0, 0.1) is 0 Å². The molecule has 260 valence electrons. The molecule has 1 N–H and O–H groups in total. The van der Waals surface area contributed by atoms with Crippen LogP contribution in [0.3, 0.4) is 0 Å². The van der Waals surface area contributed by atoms with E-state index in [9.17, 15) is 14.4 Å². The van der Waals surface area contributed by atoms with E-state index in [2.05, 4.69) is 27.3 Å². The van der Waals surface area contributed by atoms with Crippen LogP contribution in [0.4, 0.5) is 17.1 Å². The molecule has 3 saturated heterocycles. The van der Waals surface area contributed by atoms with E-state index >= 15 is 0 Å². The highest BCUT2D eigenvalue weighted by atomic mass is 32.2. The largest absolute Gasteiger partial charge is 0.378 e. The molecule has 3 aliphatic heterocycles. The van der Waals surface area contributed by atoms with Crippen molar-refractivity contribution >= 4 is 51.7 Å². The fraction of sp³-hybridized carbons (Fsp3) is 0.325. The summed E-state index contributed by atoms with van der Waals surface area (Å²) in [5.41, 5.74) is 4.64. The van der Waals surface area contributed by atoms with Crippen molar-refractivity contribution in [1.29, 1.82) is 0 Å². The van der Waals surface area contributed by atoms with Gasteiger partial charge in [0, 0.05) is 37.2 Å². The van der Waals surface area contributed by atoms with Crippen LogP contribution in [0.25, 0.3) is 0 Å². The molecule has 4 aliphatic rings. The number of anilines is 2. The maximum Gasteiger partial charge on any atom is 0.247 e. The Morgan fingerprint density at radius 1 is 0.902 bits per heavy atom. The molecular formula is C40H40N6O4S. The number of nitrogens with zero attached hydrogens (tertiary/aromatic N) is 5. The summed E-state index contributed by atoms with van der Waals surface area (Å²) in [6.07, 6.45) is 4.78. The first kappa shape index (κ1) is 33.2. The number of hydrogen-bond donors (Lipinski definition) is 1. The van der Waals surface area contributed by atoms with Crippen molar-refractivity contribution in [2.75, 3.05) is 43.1 Å². The zero-order valence-corrected chi connectivity index (χ0v) is 29.1. The Kier molecular flexibility index (Phi) is 9.31. The van der Waals surface area contributed by atoms with E-state index in [4.69, 9.17) is 9.73 Å². The number of benzene rings is 3. The average molecular weight is 701 g/mol. The molecule has 4 fully saturated rings. The first-order chi connectivity index (χ1) is 25.0. The van der Waals surface area contributed by atoms with Gasteiger partial charge < -0.3 is 19.9 Å². The van der Waals surface area contributed by atoms with Crippen molar-refractivity contribution in [3.63, 3.8) is 0 Å². The summed E-state index contributed by atoms with van der Waals surface area (Å²) >= 11 is 1.42. The number of pyridine rings is 1. The monoisotopic (exact) mass is 700 g/mol. The second kappa shape index (κ2) is 14.3. The molecule has 51 heavy (non-hydrogen) atoms. The third kappa shape index (κ3) is 6.88. The normalized spacial score (nSPS) is 22.0. The van der Waals surface area contributed by atoms with E-state index in [-0.39, 0.29) is 17.7 Å². The number of likely N-dealkylation sites (tertiary alicyclic amines) is 1. The molecule has 0 bridgehead atoms. The van der Waals surface area contributed by atoms with Gasteiger partial charge in [0.25, 0.3) is 0 Å². The number of nitrogens with one attached hydrogen (secondary N) is 1. The number of ether oxygens (including phenoxy) is 1. The molecule has 3 aromatic carbocycles. The average Bonchev–Trinajstić information content (AvgIpc) is 3.75. The van der Waals surface area contributed by atoms with E-state index in [1.165, 1.54) is 11.8 Å². The van der Waals surface area contributed by atoms with E-state index in [1.54, 1.807) is 16.0 Å². The molecule has 4 aromatic rings. The molecule has 8 rings (SSSR count). The van der Waals surface area contributed by atoms with Gasteiger partial charge in [0.2, 0.25) is 17.7 Å². The van der Waals surface area contributed by atoms with Crippen molar-refractivity contribution in [2.45, 2.75) is 48.9 Å². The van der Waals surface area contributed by atoms with Gasteiger partial charge in [-0.1, -0.05) is 60.3 Å².